The molecule has 1 aromatic carbocycles. The molecule has 3 aromatic rings. The number of carbonyl (C=O) groups excluding carboxylic acids is 1. The Morgan fingerprint density at radius 2 is 1.93 bits per heavy atom. The fourth-order valence-corrected chi connectivity index (χ4v) is 3.43. The highest BCUT2D eigenvalue weighted by Crippen LogP contribution is 2.38. The topological polar surface area (TPSA) is 82.6 Å². The molecule has 150 valence electrons. The second kappa shape index (κ2) is 9.70. The smallest absolute Gasteiger partial charge is 0.244 e. The third-order valence-corrected chi connectivity index (χ3v) is 4.96. The molecule has 1 amide bonds. The monoisotopic (exact) mass is 411 g/mol. The molecule has 0 radical (unpaired) electrons. The summed E-state index contributed by atoms with van der Waals surface area (Å²) in [6.45, 7) is 0.342. The summed E-state index contributed by atoms with van der Waals surface area (Å²) in [5.74, 6) is 1.33. The van der Waals surface area contributed by atoms with E-state index in [1.807, 2.05) is 17.5 Å². The van der Waals surface area contributed by atoms with E-state index in [1.54, 1.807) is 51.9 Å². The predicted molar refractivity (Wildman–Crippen MR) is 112 cm³/mol. The van der Waals surface area contributed by atoms with Gasteiger partial charge in [-0.25, -0.2) is 4.98 Å². The van der Waals surface area contributed by atoms with E-state index in [-0.39, 0.29) is 5.91 Å². The van der Waals surface area contributed by atoms with E-state index >= 15 is 0 Å². The molecule has 0 atom stereocenters. The standard InChI is InChI=1S/C21H21N3O4S/c1-26-17-9-14(10-18(27-2)20(17)28-3)6-7-19(25)23-12-16-13-29-21(24-16)15-5-4-8-22-11-15/h4-11,13H,12H2,1-3H3,(H,23,25)/b7-6+. The van der Waals surface area contributed by atoms with Crippen molar-refractivity contribution < 1.29 is 19.0 Å². The van der Waals surface area contributed by atoms with Crippen molar-refractivity contribution in [1.82, 2.24) is 15.3 Å². The van der Waals surface area contributed by atoms with Gasteiger partial charge < -0.3 is 19.5 Å². The molecule has 0 saturated carbocycles. The van der Waals surface area contributed by atoms with E-state index in [9.17, 15) is 4.79 Å². The zero-order valence-electron chi connectivity index (χ0n) is 16.3. The summed E-state index contributed by atoms with van der Waals surface area (Å²) < 4.78 is 15.9. The summed E-state index contributed by atoms with van der Waals surface area (Å²) in [5, 5.41) is 5.62. The number of amides is 1. The van der Waals surface area contributed by atoms with E-state index in [0.717, 1.165) is 21.8 Å². The van der Waals surface area contributed by atoms with Crippen LogP contribution in [0.4, 0.5) is 0 Å². The highest BCUT2D eigenvalue weighted by Gasteiger charge is 2.12. The Kier molecular flexibility index (Phi) is 6.80. The van der Waals surface area contributed by atoms with Gasteiger partial charge in [0.2, 0.25) is 11.7 Å². The second-order valence-corrected chi connectivity index (χ2v) is 6.75. The quantitative estimate of drug-likeness (QED) is 0.571. The van der Waals surface area contributed by atoms with Crippen molar-refractivity contribution in [3.63, 3.8) is 0 Å². The minimum atomic E-state index is -0.227. The number of hydrogen-bond donors (Lipinski definition) is 1. The highest BCUT2D eigenvalue weighted by atomic mass is 32.1. The van der Waals surface area contributed by atoms with Gasteiger partial charge in [-0.15, -0.1) is 11.3 Å². The van der Waals surface area contributed by atoms with Gasteiger partial charge in [-0.05, 0) is 35.9 Å². The predicted octanol–water partition coefficient (Wildman–Crippen LogP) is 3.56. The Bertz CT molecular complexity index is 977. The number of thiazole rings is 1. The minimum absolute atomic E-state index is 0.227. The van der Waals surface area contributed by atoms with Gasteiger partial charge in [-0.3, -0.25) is 9.78 Å². The lowest BCUT2D eigenvalue weighted by molar-refractivity contribution is -0.116. The van der Waals surface area contributed by atoms with E-state index in [0.29, 0.717) is 23.8 Å². The Labute approximate surface area is 173 Å². The molecule has 0 fully saturated rings. The van der Waals surface area contributed by atoms with Crippen LogP contribution in [0.25, 0.3) is 16.6 Å². The summed E-state index contributed by atoms with van der Waals surface area (Å²) in [4.78, 5) is 20.8. The molecule has 0 saturated heterocycles. The zero-order chi connectivity index (χ0) is 20.6. The second-order valence-electron chi connectivity index (χ2n) is 5.90. The molecule has 0 aliphatic carbocycles. The van der Waals surface area contributed by atoms with Gasteiger partial charge in [0.15, 0.2) is 11.5 Å². The van der Waals surface area contributed by atoms with Crippen molar-refractivity contribution in [2.75, 3.05) is 21.3 Å². The summed E-state index contributed by atoms with van der Waals surface area (Å²) in [6, 6.07) is 7.36. The number of nitrogens with one attached hydrogen (secondary N) is 1. The maximum atomic E-state index is 12.2. The SMILES string of the molecule is COc1cc(/C=C/C(=O)NCc2csc(-c3cccnc3)n2)cc(OC)c1OC. The van der Waals surface area contributed by atoms with Crippen LogP contribution in [0.1, 0.15) is 11.3 Å². The molecule has 0 aliphatic heterocycles. The fraction of sp³-hybridized carbons (Fsp3) is 0.190. The van der Waals surface area contributed by atoms with Crippen LogP contribution in [0.3, 0.4) is 0 Å². The Balaban J connectivity index is 1.62. The van der Waals surface area contributed by atoms with Gasteiger partial charge in [-0.1, -0.05) is 0 Å². The van der Waals surface area contributed by atoms with Crippen LogP contribution in [0.15, 0.2) is 48.1 Å². The summed E-state index contributed by atoms with van der Waals surface area (Å²) in [6.07, 6.45) is 6.62. The van der Waals surface area contributed by atoms with Crippen molar-refractivity contribution in [1.29, 1.82) is 0 Å². The number of nitrogens with zero attached hydrogens (tertiary/aromatic N) is 2. The number of carbonyl (C=O) groups is 1. The first-order valence-corrected chi connectivity index (χ1v) is 9.63. The van der Waals surface area contributed by atoms with Crippen LogP contribution in [-0.2, 0) is 11.3 Å². The van der Waals surface area contributed by atoms with Crippen molar-refractivity contribution in [3.8, 4) is 27.8 Å². The van der Waals surface area contributed by atoms with Crippen LogP contribution in [0.2, 0.25) is 0 Å². The molecule has 1 N–H and O–H groups in total. The van der Waals surface area contributed by atoms with E-state index in [1.165, 1.54) is 17.4 Å². The summed E-state index contributed by atoms with van der Waals surface area (Å²) >= 11 is 1.52. The van der Waals surface area contributed by atoms with E-state index < -0.39 is 0 Å². The van der Waals surface area contributed by atoms with Crippen LogP contribution >= 0.6 is 11.3 Å². The molecule has 0 spiro atoms. The Hall–Kier alpha value is -3.39. The average molecular weight is 411 g/mol. The summed E-state index contributed by atoms with van der Waals surface area (Å²) in [7, 11) is 4.64. The number of pyridine rings is 1. The van der Waals surface area contributed by atoms with Gasteiger partial charge >= 0.3 is 0 Å². The van der Waals surface area contributed by atoms with Crippen molar-refractivity contribution in [3.05, 3.63) is 59.4 Å². The van der Waals surface area contributed by atoms with Crippen molar-refractivity contribution >= 4 is 23.3 Å². The lowest BCUT2D eigenvalue weighted by Gasteiger charge is -2.12. The maximum Gasteiger partial charge on any atom is 0.244 e. The minimum Gasteiger partial charge on any atom is -0.493 e. The lowest BCUT2D eigenvalue weighted by atomic mass is 10.1. The largest absolute Gasteiger partial charge is 0.493 e. The molecule has 0 unspecified atom stereocenters. The van der Waals surface area contributed by atoms with E-state index in [2.05, 4.69) is 15.3 Å². The molecule has 0 aliphatic rings. The van der Waals surface area contributed by atoms with Crippen LogP contribution in [-0.4, -0.2) is 37.2 Å². The van der Waals surface area contributed by atoms with Gasteiger partial charge in [0.25, 0.3) is 0 Å². The third kappa shape index (κ3) is 5.11. The molecular formula is C21H21N3O4S. The van der Waals surface area contributed by atoms with Crippen molar-refractivity contribution in [2.45, 2.75) is 6.54 Å². The number of rotatable bonds is 8. The normalized spacial score (nSPS) is 10.7. The van der Waals surface area contributed by atoms with E-state index in [4.69, 9.17) is 14.2 Å². The Morgan fingerprint density at radius 1 is 1.17 bits per heavy atom. The maximum absolute atomic E-state index is 12.2. The first-order chi connectivity index (χ1) is 14.1. The Morgan fingerprint density at radius 3 is 2.55 bits per heavy atom. The number of hydrogen-bond acceptors (Lipinski definition) is 7. The molecule has 2 heterocycles. The number of ether oxygens (including phenoxy) is 3. The lowest BCUT2D eigenvalue weighted by Crippen LogP contribution is -2.20. The molecule has 7 nitrogen and oxygen atoms in total. The molecule has 0 bridgehead atoms. The first kappa shape index (κ1) is 20.3. The average Bonchev–Trinajstić information content (AvgIpc) is 3.25. The van der Waals surface area contributed by atoms with Crippen molar-refractivity contribution in [2.24, 2.45) is 0 Å². The highest BCUT2D eigenvalue weighted by molar-refractivity contribution is 7.13. The molecule has 29 heavy (non-hydrogen) atoms. The van der Waals surface area contributed by atoms with Crippen LogP contribution < -0.4 is 19.5 Å². The fourth-order valence-electron chi connectivity index (χ4n) is 2.62. The number of methoxy groups -OCH3 is 3. The van der Waals surface area contributed by atoms with Gasteiger partial charge in [0.05, 0.1) is 33.6 Å². The molecule has 8 heteroatoms. The first-order valence-electron chi connectivity index (χ1n) is 8.75. The number of benzene rings is 1. The molecule has 2 aromatic heterocycles. The van der Waals surface area contributed by atoms with Gasteiger partial charge in [-0.2, -0.15) is 0 Å². The van der Waals surface area contributed by atoms with Crippen LogP contribution in [0, 0.1) is 0 Å². The van der Waals surface area contributed by atoms with Crippen LogP contribution in [0.5, 0.6) is 17.2 Å². The summed E-state index contributed by atoms with van der Waals surface area (Å²) in [5.41, 5.74) is 2.50. The molecular weight excluding hydrogens is 390 g/mol. The third-order valence-electron chi connectivity index (χ3n) is 4.02. The zero-order valence-corrected chi connectivity index (χ0v) is 17.2. The molecule has 3 rings (SSSR count). The van der Waals surface area contributed by atoms with Gasteiger partial charge in [0.1, 0.15) is 5.01 Å². The van der Waals surface area contributed by atoms with Gasteiger partial charge in [0, 0.05) is 29.4 Å². The number of aromatic nitrogens is 2.